The van der Waals surface area contributed by atoms with E-state index in [9.17, 15) is 50.4 Å². The van der Waals surface area contributed by atoms with Crippen LogP contribution in [0.1, 0.15) is 11.1 Å². The van der Waals surface area contributed by atoms with Gasteiger partial charge in [0.15, 0.2) is 0 Å². The van der Waals surface area contributed by atoms with Gasteiger partial charge < -0.3 is 60.9 Å². The molecule has 0 spiro atoms. The van der Waals surface area contributed by atoms with Crippen LogP contribution in [0.4, 0.5) is 0 Å². The summed E-state index contributed by atoms with van der Waals surface area (Å²) < 4.78 is 0.353. The highest BCUT2D eigenvalue weighted by Gasteiger charge is 2.33. The zero-order chi connectivity index (χ0) is 36.6. The standard InChI is InChI=1S/2C15H21ClINO6/c2*16-10-3-1-9(2-4-10)6-18(13(22)5-17)7-11(20)14(23)15(24)12(21)8-19/h2*1-4,11-12,14-15,19-21,23-24H,5-8H2/i2*7+0,8+0,11+0,12+0,14+0,15+0. The average Bonchev–Trinajstić information content (AvgIpc) is 3.10. The predicted octanol–water partition coefficient (Wildman–Crippen LogP) is -0.921. The van der Waals surface area contributed by atoms with E-state index in [4.69, 9.17) is 33.4 Å². The molecule has 2 amide bonds. The molecule has 0 saturated carbocycles. The lowest BCUT2D eigenvalue weighted by atomic mass is 10.0. The SMILES string of the molecule is O=C(CI)N(Cc1ccc(Cl)cc1)[12CH2][12CH](O)[12CH](O)[12CH](O)[12CH](O)[12CH2]O.O=C(CI)N(Cc1ccc(Cl)cc1)[12CH2][12CH](O)[12CH](O)[12CH](O)[12CH](O)[12CH2]O. The van der Waals surface area contributed by atoms with Crippen molar-refractivity contribution < 1.29 is 60.7 Å². The summed E-state index contributed by atoms with van der Waals surface area (Å²) in [7, 11) is 0. The van der Waals surface area contributed by atoms with Gasteiger partial charge in [-0.15, -0.1) is 0 Å². The number of carbonyl (C=O) groups is 2. The molecule has 8 atom stereocenters. The highest BCUT2D eigenvalue weighted by Crippen LogP contribution is 2.16. The van der Waals surface area contributed by atoms with Gasteiger partial charge in [-0.05, 0) is 35.4 Å². The fraction of sp³-hybridized carbons (Fsp3) is 0.533. The number of carbonyl (C=O) groups excluding carboxylic acids is 2. The molecule has 2 rings (SSSR count). The number of aliphatic hydroxyl groups is 10. The highest BCUT2D eigenvalue weighted by atomic mass is 127. The van der Waals surface area contributed by atoms with Crippen LogP contribution in [-0.4, -0.2) is 157 Å². The maximum atomic E-state index is 12.0. The zero-order valence-electron chi connectivity index (χ0n) is 25.6. The molecule has 2 aromatic carbocycles. The minimum absolute atomic E-state index is 0.177. The summed E-state index contributed by atoms with van der Waals surface area (Å²) in [6.07, 6.45) is -13.0. The van der Waals surface area contributed by atoms with Gasteiger partial charge in [-0.25, -0.2) is 0 Å². The molecule has 0 fully saturated rings. The number of rotatable bonds is 18. The van der Waals surface area contributed by atoms with Crippen molar-refractivity contribution in [2.75, 3.05) is 35.2 Å². The number of hydrogen-bond acceptors (Lipinski definition) is 12. The first-order valence-electron chi connectivity index (χ1n) is 14.4. The Morgan fingerprint density at radius 1 is 0.542 bits per heavy atom. The molecule has 0 aliphatic rings. The van der Waals surface area contributed by atoms with Crippen LogP contribution in [-0.2, 0) is 22.7 Å². The summed E-state index contributed by atoms with van der Waals surface area (Å²) in [4.78, 5) is 26.8. The number of aliphatic hydroxyl groups excluding tert-OH is 10. The Morgan fingerprint density at radius 2 is 0.812 bits per heavy atom. The maximum absolute atomic E-state index is 12.0. The van der Waals surface area contributed by atoms with E-state index >= 15 is 0 Å². The molecule has 0 bridgehead atoms. The third-order valence-corrected chi connectivity index (χ3v) is 8.78. The van der Waals surface area contributed by atoms with Crippen molar-refractivity contribution in [2.24, 2.45) is 0 Å². The summed E-state index contributed by atoms with van der Waals surface area (Å²) in [5, 5.41) is 96.5. The normalized spacial score (nSPS) is 16.3. The van der Waals surface area contributed by atoms with Gasteiger partial charge in [-0.3, -0.25) is 9.59 Å². The average molecular weight is 947 g/mol. The van der Waals surface area contributed by atoms with Crippen LogP contribution in [0, 0.1) is 0 Å². The minimum Gasteiger partial charge on any atom is -0.394 e. The molecule has 0 aliphatic carbocycles. The van der Waals surface area contributed by atoms with Gasteiger partial charge in [-0.1, -0.05) is 92.6 Å². The van der Waals surface area contributed by atoms with E-state index in [1.54, 1.807) is 48.5 Å². The first-order chi connectivity index (χ1) is 22.6. The number of hydrogen-bond donors (Lipinski definition) is 10. The van der Waals surface area contributed by atoms with Crippen molar-refractivity contribution in [1.82, 2.24) is 9.80 Å². The van der Waals surface area contributed by atoms with E-state index in [0.717, 1.165) is 11.1 Å². The van der Waals surface area contributed by atoms with E-state index < -0.39 is 62.0 Å². The van der Waals surface area contributed by atoms with Gasteiger partial charge in [0, 0.05) is 36.2 Å². The summed E-state index contributed by atoms with van der Waals surface area (Å²) in [6, 6.07) is 13.7. The van der Waals surface area contributed by atoms with Crippen LogP contribution in [0.5, 0.6) is 0 Å². The molecule has 0 radical (unpaired) electrons. The van der Waals surface area contributed by atoms with Crippen molar-refractivity contribution >= 4 is 80.2 Å². The molecule has 18 heteroatoms. The molecule has 48 heavy (non-hydrogen) atoms. The van der Waals surface area contributed by atoms with Gasteiger partial charge in [0.05, 0.1) is 22.1 Å². The number of amides is 2. The predicted molar refractivity (Wildman–Crippen MR) is 194 cm³/mol. The quantitative estimate of drug-likeness (QED) is 0.0645. The van der Waals surface area contributed by atoms with E-state index in [1.165, 1.54) is 9.80 Å². The molecule has 0 saturated heterocycles. The lowest BCUT2D eigenvalue weighted by molar-refractivity contribution is -0.138. The molecule has 10 N–H and O–H groups in total. The number of halogens is 4. The Balaban J connectivity index is 0.000000480. The molecule has 14 nitrogen and oxygen atoms in total. The Bertz CT molecular complexity index is 1130. The van der Waals surface area contributed by atoms with Crippen LogP contribution in [0.2, 0.25) is 10.0 Å². The lowest BCUT2D eigenvalue weighted by Crippen LogP contribution is -2.50. The smallest absolute Gasteiger partial charge is 0.232 e. The molecular weight excluding hydrogens is 905 g/mol. The highest BCUT2D eigenvalue weighted by molar-refractivity contribution is 14.1. The number of alkyl halides is 2. The molecule has 0 aliphatic heterocycles. The van der Waals surface area contributed by atoms with E-state index in [0.29, 0.717) is 10.0 Å². The monoisotopic (exact) mass is 946 g/mol. The maximum Gasteiger partial charge on any atom is 0.232 e. The van der Waals surface area contributed by atoms with Gasteiger partial charge in [0.1, 0.15) is 48.8 Å². The second kappa shape index (κ2) is 23.5. The fourth-order valence-corrected chi connectivity index (χ4v) is 5.31. The van der Waals surface area contributed by atoms with Crippen LogP contribution in [0.15, 0.2) is 48.5 Å². The van der Waals surface area contributed by atoms with Gasteiger partial charge in [-0.2, -0.15) is 0 Å². The zero-order valence-corrected chi connectivity index (χ0v) is 31.4. The Morgan fingerprint density at radius 3 is 1.06 bits per heavy atom. The van der Waals surface area contributed by atoms with Crippen LogP contribution in [0.25, 0.3) is 0 Å². The van der Waals surface area contributed by atoms with E-state index in [1.807, 2.05) is 45.2 Å². The van der Waals surface area contributed by atoms with Crippen molar-refractivity contribution in [3.63, 3.8) is 0 Å². The van der Waals surface area contributed by atoms with E-state index in [-0.39, 0.29) is 46.8 Å². The molecule has 2 aromatic rings. The second-order valence-corrected chi connectivity index (χ2v) is 13.1. The van der Waals surface area contributed by atoms with Gasteiger partial charge >= 0.3 is 0 Å². The summed E-state index contributed by atoms with van der Waals surface area (Å²) in [6.45, 7) is -1.59. The largest absolute Gasteiger partial charge is 0.394 e. The molecule has 0 heterocycles. The van der Waals surface area contributed by atoms with Crippen LogP contribution >= 0.6 is 68.4 Å². The molecule has 272 valence electrons. The van der Waals surface area contributed by atoms with Gasteiger partial charge in [0.2, 0.25) is 11.8 Å². The van der Waals surface area contributed by atoms with Crippen molar-refractivity contribution in [1.29, 1.82) is 0 Å². The summed E-state index contributed by atoms with van der Waals surface area (Å²) in [5.41, 5.74) is 1.57. The third-order valence-electron chi connectivity index (χ3n) is 6.97. The second-order valence-electron chi connectivity index (χ2n) is 10.7. The third kappa shape index (κ3) is 15.5. The van der Waals surface area contributed by atoms with Crippen molar-refractivity contribution in [3.05, 3.63) is 69.7 Å². The molecule has 8 unspecified atom stereocenters. The number of benzene rings is 2. The lowest BCUT2D eigenvalue weighted by Gasteiger charge is -2.30. The van der Waals surface area contributed by atoms with Crippen molar-refractivity contribution in [3.8, 4) is 0 Å². The molecular formula is C30H42Cl2I2N2O12. The van der Waals surface area contributed by atoms with Crippen LogP contribution < -0.4 is 0 Å². The molecule has 0 aromatic heterocycles. The minimum atomic E-state index is -1.72. The van der Waals surface area contributed by atoms with Crippen LogP contribution in [0.3, 0.4) is 0 Å². The first kappa shape index (κ1) is 45.0. The Labute approximate surface area is 315 Å². The summed E-state index contributed by atoms with van der Waals surface area (Å²) in [5.74, 6) is -0.511. The van der Waals surface area contributed by atoms with Gasteiger partial charge in [0.25, 0.3) is 0 Å². The first-order valence-corrected chi connectivity index (χ1v) is 18.2. The van der Waals surface area contributed by atoms with Crippen molar-refractivity contribution in [2.45, 2.75) is 61.9 Å². The Hall–Kier alpha value is -0.980. The van der Waals surface area contributed by atoms with E-state index in [2.05, 4.69) is 0 Å². The number of nitrogens with zero attached hydrogens (tertiary/aromatic N) is 2. The Kier molecular flexibility index (Phi) is 22.0. The summed E-state index contributed by atoms with van der Waals surface area (Å²) >= 11 is 15.4. The fourth-order valence-electron chi connectivity index (χ4n) is 4.09. The topological polar surface area (TPSA) is 243 Å².